The van der Waals surface area contributed by atoms with E-state index in [1.165, 1.54) is 7.11 Å². The molecule has 3 rings (SSSR count). The van der Waals surface area contributed by atoms with Crippen molar-refractivity contribution in [2.24, 2.45) is 11.8 Å². The lowest BCUT2D eigenvalue weighted by atomic mass is 9.71. The highest BCUT2D eigenvalue weighted by Crippen LogP contribution is 2.37. The van der Waals surface area contributed by atoms with Gasteiger partial charge < -0.3 is 25.2 Å². The fourth-order valence-corrected chi connectivity index (χ4v) is 3.87. The van der Waals surface area contributed by atoms with Crippen LogP contribution in [0.1, 0.15) is 62.4 Å². The molecule has 0 bridgehead atoms. The molecule has 186 valence electrons. The third kappa shape index (κ3) is 7.00. The van der Waals surface area contributed by atoms with Crippen molar-refractivity contribution in [3.63, 3.8) is 0 Å². The largest absolute Gasteiger partial charge is 0.467 e. The van der Waals surface area contributed by atoms with Crippen molar-refractivity contribution >= 4 is 18.0 Å². The molecule has 1 unspecified atom stereocenters. The molecule has 3 N–H and O–H groups in total. The number of aliphatic hydroxyl groups excluding tert-OH is 1. The summed E-state index contributed by atoms with van der Waals surface area (Å²) in [6, 6.07) is 5.54. The van der Waals surface area contributed by atoms with Crippen LogP contribution in [0.25, 0.3) is 0 Å². The standard InChI is InChI=1S/C27H32N2O6/c1-26(2,3)35-25(33)29-27(14-7-15-27)22(24(32)34-4)28-23(31)19-12-10-18(11-13-19)8-5-6-9-20-16-21(20)17-30/h10-13,20-22,30H,7,14-17H2,1-4H3,(H,28,31)(H,29,33)/t20?,21-,22-/m1/s1. The average Bonchev–Trinajstić information content (AvgIpc) is 3.55. The van der Waals surface area contributed by atoms with Crippen molar-refractivity contribution in [1.29, 1.82) is 0 Å². The second kappa shape index (κ2) is 10.8. The van der Waals surface area contributed by atoms with Gasteiger partial charge in [0.05, 0.1) is 12.6 Å². The molecule has 2 aliphatic carbocycles. The number of esters is 1. The molecular weight excluding hydrogens is 448 g/mol. The van der Waals surface area contributed by atoms with Crippen LogP contribution in [-0.4, -0.2) is 54.0 Å². The average molecular weight is 481 g/mol. The molecule has 0 spiro atoms. The van der Waals surface area contributed by atoms with Crippen LogP contribution in [0.5, 0.6) is 0 Å². The number of ether oxygens (including phenoxy) is 2. The lowest BCUT2D eigenvalue weighted by molar-refractivity contribution is -0.146. The van der Waals surface area contributed by atoms with Gasteiger partial charge in [-0.3, -0.25) is 4.79 Å². The van der Waals surface area contributed by atoms with Crippen LogP contribution in [0.3, 0.4) is 0 Å². The SMILES string of the molecule is COC(=O)[C@@H](NC(=O)c1ccc(C#CC#CC2C[C@@H]2CO)cc1)C1(NC(=O)OC(C)(C)C)CCC1. The molecule has 0 heterocycles. The lowest BCUT2D eigenvalue weighted by Crippen LogP contribution is -2.69. The molecule has 2 saturated carbocycles. The fourth-order valence-electron chi connectivity index (χ4n) is 3.87. The molecular formula is C27H32N2O6. The minimum atomic E-state index is -1.07. The van der Waals surface area contributed by atoms with Crippen molar-refractivity contribution in [2.45, 2.75) is 63.6 Å². The molecule has 0 saturated heterocycles. The predicted octanol–water partition coefficient (Wildman–Crippen LogP) is 2.39. The van der Waals surface area contributed by atoms with Crippen LogP contribution < -0.4 is 10.6 Å². The van der Waals surface area contributed by atoms with Gasteiger partial charge in [0.1, 0.15) is 5.60 Å². The van der Waals surface area contributed by atoms with Gasteiger partial charge in [-0.05, 0) is 88.5 Å². The maximum absolute atomic E-state index is 12.9. The summed E-state index contributed by atoms with van der Waals surface area (Å²) in [5.74, 6) is 10.9. The zero-order valence-corrected chi connectivity index (χ0v) is 20.6. The van der Waals surface area contributed by atoms with Crippen molar-refractivity contribution in [3.8, 4) is 23.7 Å². The van der Waals surface area contributed by atoms with Crippen molar-refractivity contribution in [3.05, 3.63) is 35.4 Å². The van der Waals surface area contributed by atoms with Crippen LogP contribution in [0.2, 0.25) is 0 Å². The summed E-state index contributed by atoms with van der Waals surface area (Å²) in [5, 5.41) is 14.6. The second-order valence-corrected chi connectivity index (χ2v) is 9.95. The number of carbonyl (C=O) groups is 3. The predicted molar refractivity (Wildman–Crippen MR) is 129 cm³/mol. The molecule has 1 aromatic rings. The Morgan fingerprint density at radius 2 is 1.86 bits per heavy atom. The van der Waals surface area contributed by atoms with Crippen LogP contribution in [0.4, 0.5) is 4.79 Å². The number of hydrogen-bond acceptors (Lipinski definition) is 6. The maximum atomic E-state index is 12.9. The van der Waals surface area contributed by atoms with E-state index < -0.39 is 35.2 Å². The quantitative estimate of drug-likeness (QED) is 0.426. The number of benzene rings is 1. The maximum Gasteiger partial charge on any atom is 0.408 e. The van der Waals surface area contributed by atoms with E-state index in [-0.39, 0.29) is 18.4 Å². The van der Waals surface area contributed by atoms with E-state index in [1.54, 1.807) is 45.0 Å². The van der Waals surface area contributed by atoms with E-state index in [0.717, 1.165) is 12.8 Å². The number of aliphatic hydroxyl groups is 1. The highest BCUT2D eigenvalue weighted by Gasteiger charge is 2.51. The lowest BCUT2D eigenvalue weighted by Gasteiger charge is -2.46. The van der Waals surface area contributed by atoms with Gasteiger partial charge >= 0.3 is 12.1 Å². The Hall–Kier alpha value is -3.49. The van der Waals surface area contributed by atoms with Crippen molar-refractivity contribution in [1.82, 2.24) is 10.6 Å². The molecule has 0 radical (unpaired) electrons. The van der Waals surface area contributed by atoms with Gasteiger partial charge in [-0.15, -0.1) is 0 Å². The van der Waals surface area contributed by atoms with Gasteiger partial charge in [0, 0.05) is 23.7 Å². The van der Waals surface area contributed by atoms with Gasteiger partial charge in [-0.2, -0.15) is 0 Å². The third-order valence-corrected chi connectivity index (χ3v) is 6.09. The fraction of sp³-hybridized carbons (Fsp3) is 0.519. The molecule has 2 fully saturated rings. The summed E-state index contributed by atoms with van der Waals surface area (Å²) in [4.78, 5) is 38.0. The summed E-state index contributed by atoms with van der Waals surface area (Å²) in [6.45, 7) is 5.41. The Bertz CT molecular complexity index is 1080. The molecule has 2 aliphatic rings. The van der Waals surface area contributed by atoms with Crippen LogP contribution in [-0.2, 0) is 14.3 Å². The minimum Gasteiger partial charge on any atom is -0.467 e. The second-order valence-electron chi connectivity index (χ2n) is 9.95. The Kier molecular flexibility index (Phi) is 8.09. The molecule has 2 amide bonds. The van der Waals surface area contributed by atoms with Crippen LogP contribution in [0.15, 0.2) is 24.3 Å². The first-order valence-electron chi connectivity index (χ1n) is 11.7. The molecule has 35 heavy (non-hydrogen) atoms. The third-order valence-electron chi connectivity index (χ3n) is 6.09. The molecule has 8 heteroatoms. The molecule has 1 aromatic carbocycles. The number of rotatable bonds is 6. The summed E-state index contributed by atoms with van der Waals surface area (Å²) in [7, 11) is 1.24. The van der Waals surface area contributed by atoms with Crippen molar-refractivity contribution in [2.75, 3.05) is 13.7 Å². The summed E-state index contributed by atoms with van der Waals surface area (Å²) >= 11 is 0. The Balaban J connectivity index is 1.67. The Morgan fingerprint density at radius 3 is 2.37 bits per heavy atom. The normalized spacial score (nSPS) is 20.4. The van der Waals surface area contributed by atoms with E-state index in [4.69, 9.17) is 14.6 Å². The molecule has 8 nitrogen and oxygen atoms in total. The first-order valence-corrected chi connectivity index (χ1v) is 11.7. The zero-order chi connectivity index (χ0) is 25.6. The van der Waals surface area contributed by atoms with Gasteiger partial charge in [-0.1, -0.05) is 11.8 Å². The molecule has 0 aliphatic heterocycles. The summed E-state index contributed by atoms with van der Waals surface area (Å²) in [6.07, 6.45) is 2.05. The van der Waals surface area contributed by atoms with E-state index in [2.05, 4.69) is 34.3 Å². The summed E-state index contributed by atoms with van der Waals surface area (Å²) < 4.78 is 10.3. The van der Waals surface area contributed by atoms with E-state index in [1.807, 2.05) is 0 Å². The monoisotopic (exact) mass is 480 g/mol. The van der Waals surface area contributed by atoms with Crippen LogP contribution in [0, 0.1) is 35.5 Å². The number of amides is 2. The van der Waals surface area contributed by atoms with Crippen molar-refractivity contribution < 1.29 is 29.0 Å². The molecule has 3 atom stereocenters. The number of hydrogen-bond donors (Lipinski definition) is 3. The first kappa shape index (κ1) is 26.1. The number of alkyl carbamates (subject to hydrolysis) is 1. The van der Waals surface area contributed by atoms with E-state index >= 15 is 0 Å². The van der Waals surface area contributed by atoms with Crippen LogP contribution >= 0.6 is 0 Å². The summed E-state index contributed by atoms with van der Waals surface area (Å²) in [5.41, 5.74) is -0.649. The smallest absolute Gasteiger partial charge is 0.408 e. The highest BCUT2D eigenvalue weighted by atomic mass is 16.6. The number of nitrogens with one attached hydrogen (secondary N) is 2. The number of carbonyl (C=O) groups excluding carboxylic acids is 3. The first-order chi connectivity index (χ1) is 16.6. The molecule has 0 aromatic heterocycles. The van der Waals surface area contributed by atoms with E-state index in [9.17, 15) is 14.4 Å². The Labute approximate surface area is 206 Å². The van der Waals surface area contributed by atoms with Gasteiger partial charge in [0.15, 0.2) is 6.04 Å². The topological polar surface area (TPSA) is 114 Å². The van der Waals surface area contributed by atoms with E-state index in [0.29, 0.717) is 24.0 Å². The highest BCUT2D eigenvalue weighted by molar-refractivity contribution is 5.97. The Morgan fingerprint density at radius 1 is 1.17 bits per heavy atom. The van der Waals surface area contributed by atoms with Gasteiger partial charge in [-0.25, -0.2) is 9.59 Å². The number of methoxy groups -OCH3 is 1. The van der Waals surface area contributed by atoms with Gasteiger partial charge in [0.2, 0.25) is 0 Å². The minimum absolute atomic E-state index is 0.158. The van der Waals surface area contributed by atoms with Gasteiger partial charge in [0.25, 0.3) is 5.91 Å². The zero-order valence-electron chi connectivity index (χ0n) is 20.6.